The van der Waals surface area contributed by atoms with Crippen LogP contribution in [0.3, 0.4) is 0 Å². The Labute approximate surface area is 146 Å². The first-order chi connectivity index (χ1) is 11.0. The summed E-state index contributed by atoms with van der Waals surface area (Å²) in [5, 5.41) is 1.41. The minimum atomic E-state index is -0.386. The molecular weight excluding hydrogens is 331 g/mol. The number of carbonyl (C=O) groups excluding carboxylic acids is 1. The molecule has 1 amide bonds. The van der Waals surface area contributed by atoms with E-state index in [9.17, 15) is 4.79 Å². The Kier molecular flexibility index (Phi) is 4.90. The summed E-state index contributed by atoms with van der Waals surface area (Å²) >= 11 is 12.2. The van der Waals surface area contributed by atoms with Crippen LogP contribution in [0.1, 0.15) is 33.9 Å². The molecule has 0 radical (unpaired) electrons. The SMILES string of the molecule is NC(=O)c1ccc(CCCN2CC2c2ccc(Cl)cc2Cl)cc1. The van der Waals surface area contributed by atoms with Crippen LogP contribution in [-0.4, -0.2) is 23.9 Å². The van der Waals surface area contributed by atoms with Crippen molar-refractivity contribution in [3.8, 4) is 0 Å². The van der Waals surface area contributed by atoms with Crippen LogP contribution >= 0.6 is 23.2 Å². The fraction of sp³-hybridized carbons (Fsp3) is 0.278. The molecule has 23 heavy (non-hydrogen) atoms. The average Bonchev–Trinajstić information content (AvgIpc) is 3.27. The van der Waals surface area contributed by atoms with E-state index in [2.05, 4.69) is 4.90 Å². The first-order valence-corrected chi connectivity index (χ1v) is 8.38. The van der Waals surface area contributed by atoms with Crippen LogP contribution in [0.4, 0.5) is 0 Å². The van der Waals surface area contributed by atoms with E-state index in [1.165, 1.54) is 5.56 Å². The van der Waals surface area contributed by atoms with Crippen LogP contribution in [0.15, 0.2) is 42.5 Å². The van der Waals surface area contributed by atoms with E-state index >= 15 is 0 Å². The van der Waals surface area contributed by atoms with E-state index < -0.39 is 0 Å². The van der Waals surface area contributed by atoms with Crippen molar-refractivity contribution in [1.29, 1.82) is 0 Å². The number of nitrogens with zero attached hydrogens (tertiary/aromatic N) is 1. The van der Waals surface area contributed by atoms with Crippen molar-refractivity contribution in [3.63, 3.8) is 0 Å². The van der Waals surface area contributed by atoms with Crippen molar-refractivity contribution in [1.82, 2.24) is 4.90 Å². The lowest BCUT2D eigenvalue weighted by atomic mass is 10.1. The molecule has 2 atom stereocenters. The lowest BCUT2D eigenvalue weighted by molar-refractivity contribution is 0.100. The maximum absolute atomic E-state index is 11.0. The van der Waals surface area contributed by atoms with Gasteiger partial charge in [0.2, 0.25) is 5.91 Å². The monoisotopic (exact) mass is 348 g/mol. The second-order valence-electron chi connectivity index (χ2n) is 5.84. The van der Waals surface area contributed by atoms with E-state index in [4.69, 9.17) is 28.9 Å². The molecule has 3 rings (SSSR count). The van der Waals surface area contributed by atoms with Gasteiger partial charge in [-0.15, -0.1) is 0 Å². The quantitative estimate of drug-likeness (QED) is 0.799. The minimum absolute atomic E-state index is 0.386. The molecule has 2 N–H and O–H groups in total. The third-order valence-electron chi connectivity index (χ3n) is 4.19. The van der Waals surface area contributed by atoms with Crippen molar-refractivity contribution in [2.45, 2.75) is 18.9 Å². The van der Waals surface area contributed by atoms with Gasteiger partial charge in [0.1, 0.15) is 0 Å². The highest BCUT2D eigenvalue weighted by atomic mass is 35.5. The van der Waals surface area contributed by atoms with Crippen molar-refractivity contribution in [2.24, 2.45) is 5.73 Å². The molecule has 120 valence electrons. The van der Waals surface area contributed by atoms with Crippen LogP contribution < -0.4 is 5.73 Å². The van der Waals surface area contributed by atoms with Gasteiger partial charge in [-0.2, -0.15) is 0 Å². The van der Waals surface area contributed by atoms with E-state index in [1.807, 2.05) is 24.3 Å². The summed E-state index contributed by atoms with van der Waals surface area (Å²) in [6, 6.07) is 13.6. The number of halogens is 2. The molecule has 0 saturated carbocycles. The number of hydrogen-bond donors (Lipinski definition) is 1. The van der Waals surface area contributed by atoms with Crippen molar-refractivity contribution in [2.75, 3.05) is 13.1 Å². The second-order valence-corrected chi connectivity index (χ2v) is 6.68. The minimum Gasteiger partial charge on any atom is -0.366 e. The number of benzene rings is 2. The maximum atomic E-state index is 11.0. The zero-order valence-corrected chi connectivity index (χ0v) is 14.1. The van der Waals surface area contributed by atoms with Gasteiger partial charge < -0.3 is 5.73 Å². The third kappa shape index (κ3) is 4.05. The molecule has 2 aromatic rings. The first kappa shape index (κ1) is 16.3. The Hall–Kier alpha value is -1.55. The lowest BCUT2D eigenvalue weighted by Gasteiger charge is -2.07. The van der Waals surface area contributed by atoms with Crippen LogP contribution in [0.5, 0.6) is 0 Å². The Morgan fingerprint density at radius 3 is 2.57 bits per heavy atom. The Bertz CT molecular complexity index is 715. The summed E-state index contributed by atoms with van der Waals surface area (Å²) < 4.78 is 0. The summed E-state index contributed by atoms with van der Waals surface area (Å²) in [6.45, 7) is 2.07. The predicted molar refractivity (Wildman–Crippen MR) is 94.1 cm³/mol. The smallest absolute Gasteiger partial charge is 0.248 e. The summed E-state index contributed by atoms with van der Waals surface area (Å²) in [5.74, 6) is -0.386. The standard InChI is InChI=1S/C18H18Cl2N2O/c19-14-7-8-15(16(20)10-14)17-11-22(17)9-1-2-12-3-5-13(6-4-12)18(21)23/h3-8,10,17H,1-2,9,11H2,(H2,21,23). The molecular formula is C18H18Cl2N2O. The average molecular weight is 349 g/mol. The van der Waals surface area contributed by atoms with Gasteiger partial charge in [-0.1, -0.05) is 41.4 Å². The van der Waals surface area contributed by atoms with Crippen LogP contribution in [0, 0.1) is 0 Å². The van der Waals surface area contributed by atoms with E-state index in [1.54, 1.807) is 18.2 Å². The Morgan fingerprint density at radius 1 is 1.17 bits per heavy atom. The number of hydrogen-bond acceptors (Lipinski definition) is 2. The third-order valence-corrected chi connectivity index (χ3v) is 4.75. The molecule has 0 bridgehead atoms. The predicted octanol–water partition coefficient (Wildman–Crippen LogP) is 4.08. The molecule has 2 aromatic carbocycles. The van der Waals surface area contributed by atoms with Crippen molar-refractivity contribution in [3.05, 3.63) is 69.2 Å². The number of aryl methyl sites for hydroxylation is 1. The molecule has 1 saturated heterocycles. The van der Waals surface area contributed by atoms with Crippen molar-refractivity contribution >= 4 is 29.1 Å². The first-order valence-electron chi connectivity index (χ1n) is 7.62. The van der Waals surface area contributed by atoms with Gasteiger partial charge in [-0.25, -0.2) is 0 Å². The zero-order chi connectivity index (χ0) is 16.4. The van der Waals surface area contributed by atoms with Gasteiger partial charge in [0.15, 0.2) is 0 Å². The van der Waals surface area contributed by atoms with Crippen LogP contribution in [0.2, 0.25) is 10.0 Å². The van der Waals surface area contributed by atoms with Gasteiger partial charge in [0, 0.05) is 28.2 Å². The number of amides is 1. The molecule has 1 aliphatic heterocycles. The molecule has 5 heteroatoms. The highest BCUT2D eigenvalue weighted by molar-refractivity contribution is 6.35. The van der Waals surface area contributed by atoms with E-state index in [0.717, 1.165) is 36.5 Å². The molecule has 0 aliphatic carbocycles. The highest BCUT2D eigenvalue weighted by Gasteiger charge is 2.35. The largest absolute Gasteiger partial charge is 0.366 e. The fourth-order valence-corrected chi connectivity index (χ4v) is 3.35. The lowest BCUT2D eigenvalue weighted by Crippen LogP contribution is -2.10. The molecule has 1 aliphatic rings. The maximum Gasteiger partial charge on any atom is 0.248 e. The molecule has 3 nitrogen and oxygen atoms in total. The number of nitrogens with two attached hydrogens (primary N) is 1. The number of primary amides is 1. The second kappa shape index (κ2) is 6.91. The van der Waals surface area contributed by atoms with Crippen LogP contribution in [-0.2, 0) is 6.42 Å². The van der Waals surface area contributed by atoms with Crippen LogP contribution in [0.25, 0.3) is 0 Å². The topological polar surface area (TPSA) is 46.1 Å². The zero-order valence-electron chi connectivity index (χ0n) is 12.6. The summed E-state index contributed by atoms with van der Waals surface area (Å²) in [5.41, 5.74) is 8.17. The van der Waals surface area contributed by atoms with Gasteiger partial charge in [0.25, 0.3) is 0 Å². The number of carbonyl (C=O) groups is 1. The summed E-state index contributed by atoms with van der Waals surface area (Å²) in [7, 11) is 0. The summed E-state index contributed by atoms with van der Waals surface area (Å²) in [6.07, 6.45) is 2.05. The highest BCUT2D eigenvalue weighted by Crippen LogP contribution is 2.39. The van der Waals surface area contributed by atoms with Gasteiger partial charge >= 0.3 is 0 Å². The van der Waals surface area contributed by atoms with Gasteiger partial charge in [0.05, 0.1) is 0 Å². The normalized spacial score (nSPS) is 19.6. The molecule has 1 heterocycles. The van der Waals surface area contributed by atoms with Crippen molar-refractivity contribution < 1.29 is 4.79 Å². The Balaban J connectivity index is 1.48. The Morgan fingerprint density at radius 2 is 1.91 bits per heavy atom. The fourth-order valence-electron chi connectivity index (χ4n) is 2.81. The van der Waals surface area contributed by atoms with E-state index in [0.29, 0.717) is 16.6 Å². The van der Waals surface area contributed by atoms with Gasteiger partial charge in [-0.05, 0) is 54.8 Å². The molecule has 1 fully saturated rings. The molecule has 0 spiro atoms. The molecule has 0 aromatic heterocycles. The number of rotatable bonds is 6. The summed E-state index contributed by atoms with van der Waals surface area (Å²) in [4.78, 5) is 13.4. The van der Waals surface area contributed by atoms with E-state index in [-0.39, 0.29) is 5.91 Å². The van der Waals surface area contributed by atoms with Gasteiger partial charge in [-0.3, -0.25) is 9.69 Å². The molecule has 2 unspecified atom stereocenters.